The SMILES string of the molecule is CC(C)(C)CN1c2ccccc2P(O[B-](F)(F)F)[C@@H]1P(C(C)(C)C)C(C)(C)C. The van der Waals surface area contributed by atoms with E-state index in [-0.39, 0.29) is 21.3 Å². The van der Waals surface area contributed by atoms with Gasteiger partial charge >= 0.3 is 7.18 Å². The Morgan fingerprint density at radius 1 is 0.964 bits per heavy atom. The second kappa shape index (κ2) is 7.75. The molecule has 0 saturated carbocycles. The standard InChI is InChI=1S/C20H34BF3NOP2/c1-18(2,3)14-25-15-12-10-11-13-16(15)27(26-21(22,23)24)17(25)28(19(4,5)6)20(7,8)9/h10-13,17H,14H2,1-9H3/q-1/t17-,27?/m1/s1. The maximum absolute atomic E-state index is 13.5. The van der Waals surface area contributed by atoms with Gasteiger partial charge in [-0.25, -0.2) is 0 Å². The van der Waals surface area contributed by atoms with Gasteiger partial charge in [0.25, 0.3) is 0 Å². The third-order valence-corrected chi connectivity index (χ3v) is 11.4. The van der Waals surface area contributed by atoms with E-state index in [1.807, 2.05) is 24.3 Å². The summed E-state index contributed by atoms with van der Waals surface area (Å²) >= 11 is 0. The van der Waals surface area contributed by atoms with Gasteiger partial charge in [0.05, 0.1) is 5.52 Å². The van der Waals surface area contributed by atoms with Gasteiger partial charge < -0.3 is 22.3 Å². The molecule has 1 unspecified atom stereocenters. The first-order valence-corrected chi connectivity index (χ1v) is 12.5. The molecule has 0 aromatic heterocycles. The molecule has 0 aliphatic carbocycles. The average molecular weight is 434 g/mol. The van der Waals surface area contributed by atoms with Crippen LogP contribution in [0.5, 0.6) is 0 Å². The summed E-state index contributed by atoms with van der Waals surface area (Å²) in [5, 5.41) is 0.504. The van der Waals surface area contributed by atoms with Gasteiger partial charge in [0.1, 0.15) is 0 Å². The Labute approximate surface area is 171 Å². The molecule has 1 aromatic rings. The van der Waals surface area contributed by atoms with Gasteiger partial charge in [-0.1, -0.05) is 88.4 Å². The number of para-hydroxylation sites is 1. The highest BCUT2D eigenvalue weighted by Crippen LogP contribution is 2.74. The smallest absolute Gasteiger partial charge is 0.481 e. The molecule has 2 nitrogen and oxygen atoms in total. The molecule has 8 heteroatoms. The van der Waals surface area contributed by atoms with Crippen molar-refractivity contribution in [3.8, 4) is 0 Å². The molecule has 0 amide bonds. The largest absolute Gasteiger partial charge is 0.640 e. The van der Waals surface area contributed by atoms with Crippen LogP contribution in [0.25, 0.3) is 0 Å². The van der Waals surface area contributed by atoms with Crippen molar-refractivity contribution in [3.63, 3.8) is 0 Å². The number of benzene rings is 1. The van der Waals surface area contributed by atoms with Crippen molar-refractivity contribution >= 4 is 34.2 Å². The highest BCUT2D eigenvalue weighted by atomic mass is 31.2. The van der Waals surface area contributed by atoms with Crippen molar-refractivity contribution in [2.75, 3.05) is 11.4 Å². The summed E-state index contributed by atoms with van der Waals surface area (Å²) in [5.74, 6) is 0. The van der Waals surface area contributed by atoms with Crippen LogP contribution in [0.15, 0.2) is 24.3 Å². The number of rotatable bonds is 4. The molecule has 1 heterocycles. The first kappa shape index (κ1) is 24.0. The summed E-state index contributed by atoms with van der Waals surface area (Å²) in [6, 6.07) is 7.54. The monoisotopic (exact) mass is 434 g/mol. The Kier molecular flexibility index (Phi) is 6.63. The van der Waals surface area contributed by atoms with Crippen LogP contribution in [-0.4, -0.2) is 29.6 Å². The van der Waals surface area contributed by atoms with E-state index in [0.717, 1.165) is 11.0 Å². The molecule has 0 radical (unpaired) electrons. The number of halogens is 3. The topological polar surface area (TPSA) is 12.5 Å². The summed E-state index contributed by atoms with van der Waals surface area (Å²) < 4.78 is 45.6. The van der Waals surface area contributed by atoms with Gasteiger partial charge in [-0.05, 0) is 21.8 Å². The molecule has 2 rings (SSSR count). The van der Waals surface area contributed by atoms with Crippen molar-refractivity contribution in [1.29, 1.82) is 0 Å². The zero-order valence-electron chi connectivity index (χ0n) is 18.6. The van der Waals surface area contributed by atoms with Crippen LogP contribution in [-0.2, 0) is 4.44 Å². The summed E-state index contributed by atoms with van der Waals surface area (Å²) in [6.07, 6.45) is 0. The number of fused-ring (bicyclic) bond motifs is 1. The average Bonchev–Trinajstić information content (AvgIpc) is 2.68. The van der Waals surface area contributed by atoms with Crippen molar-refractivity contribution in [3.05, 3.63) is 24.3 Å². The second-order valence-electron chi connectivity index (χ2n) is 10.7. The maximum Gasteiger partial charge on any atom is 0.640 e. The predicted molar refractivity (Wildman–Crippen MR) is 120 cm³/mol. The molecule has 1 aromatic carbocycles. The Morgan fingerprint density at radius 3 is 1.89 bits per heavy atom. The summed E-state index contributed by atoms with van der Waals surface area (Å²) in [5.41, 5.74) is 0.608. The first-order valence-electron chi connectivity index (χ1n) is 9.74. The minimum atomic E-state index is -5.33. The van der Waals surface area contributed by atoms with Gasteiger partial charge in [-0.3, -0.25) is 0 Å². The van der Waals surface area contributed by atoms with Crippen LogP contribution in [0.1, 0.15) is 62.3 Å². The third kappa shape index (κ3) is 5.64. The van der Waals surface area contributed by atoms with E-state index >= 15 is 0 Å². The molecule has 28 heavy (non-hydrogen) atoms. The number of nitrogens with zero attached hydrogens (tertiary/aromatic N) is 1. The van der Waals surface area contributed by atoms with Crippen LogP contribution in [0.2, 0.25) is 0 Å². The minimum Gasteiger partial charge on any atom is -0.481 e. The Morgan fingerprint density at radius 2 is 1.46 bits per heavy atom. The highest BCUT2D eigenvalue weighted by molar-refractivity contribution is 7.80. The lowest BCUT2D eigenvalue weighted by Crippen LogP contribution is -2.43. The fourth-order valence-electron chi connectivity index (χ4n) is 4.13. The fourth-order valence-corrected chi connectivity index (χ4v) is 13.3. The van der Waals surface area contributed by atoms with Crippen LogP contribution in [0.3, 0.4) is 0 Å². The third-order valence-electron chi connectivity index (χ3n) is 4.47. The molecule has 1 aliphatic rings. The van der Waals surface area contributed by atoms with Crippen LogP contribution < -0.4 is 10.2 Å². The van der Waals surface area contributed by atoms with Gasteiger partial charge in [0.2, 0.25) is 0 Å². The lowest BCUT2D eigenvalue weighted by Gasteiger charge is -2.51. The lowest BCUT2D eigenvalue weighted by molar-refractivity contribution is 0.314. The lowest BCUT2D eigenvalue weighted by atomic mass is 9.96. The van der Waals surface area contributed by atoms with E-state index in [1.165, 1.54) is 0 Å². The zero-order chi connectivity index (χ0) is 21.7. The normalized spacial score (nSPS) is 21.4. The molecule has 1 aliphatic heterocycles. The van der Waals surface area contributed by atoms with Crippen LogP contribution in [0, 0.1) is 5.41 Å². The first-order chi connectivity index (χ1) is 12.4. The van der Waals surface area contributed by atoms with Gasteiger partial charge in [0, 0.05) is 25.7 Å². The molecule has 0 N–H and O–H groups in total. The summed E-state index contributed by atoms with van der Waals surface area (Å²) in [4.78, 5) is 2.24. The van der Waals surface area contributed by atoms with Crippen LogP contribution in [0.4, 0.5) is 18.6 Å². The molecular formula is C20H34BF3NOP2-. The molecule has 0 bridgehead atoms. The summed E-state index contributed by atoms with van der Waals surface area (Å²) in [6.45, 7) is 20.1. The van der Waals surface area contributed by atoms with E-state index in [1.54, 1.807) is 0 Å². The van der Waals surface area contributed by atoms with E-state index in [0.29, 0.717) is 6.54 Å². The van der Waals surface area contributed by atoms with E-state index in [2.05, 4.69) is 67.2 Å². The quantitative estimate of drug-likeness (QED) is 0.364. The molecule has 0 fully saturated rings. The van der Waals surface area contributed by atoms with Crippen molar-refractivity contribution in [1.82, 2.24) is 0 Å². The minimum absolute atomic E-state index is 0.0448. The van der Waals surface area contributed by atoms with Gasteiger partial charge in [-0.15, -0.1) is 0 Å². The Hall–Kier alpha value is -0.305. The fraction of sp³-hybridized carbons (Fsp3) is 0.700. The highest BCUT2D eigenvalue weighted by Gasteiger charge is 2.52. The van der Waals surface area contributed by atoms with Gasteiger partial charge in [-0.2, -0.15) is 0 Å². The zero-order valence-corrected chi connectivity index (χ0v) is 20.3. The molecule has 0 spiro atoms. The van der Waals surface area contributed by atoms with Gasteiger partial charge in [0.15, 0.2) is 0 Å². The number of hydrogen-bond donors (Lipinski definition) is 0. The molecule has 0 saturated heterocycles. The predicted octanol–water partition coefficient (Wildman–Crippen LogP) is 7.30. The second-order valence-corrected chi connectivity index (χ2v) is 16.8. The van der Waals surface area contributed by atoms with Crippen LogP contribution >= 0.6 is 16.1 Å². The van der Waals surface area contributed by atoms with Crippen molar-refractivity contribution in [2.24, 2.45) is 5.41 Å². The van der Waals surface area contributed by atoms with E-state index in [9.17, 15) is 12.9 Å². The Balaban J connectivity index is 2.70. The molecular weight excluding hydrogens is 400 g/mol. The maximum atomic E-state index is 13.5. The van der Waals surface area contributed by atoms with E-state index in [4.69, 9.17) is 4.44 Å². The van der Waals surface area contributed by atoms with Crippen molar-refractivity contribution in [2.45, 2.75) is 78.1 Å². The Bertz CT molecular complexity index is 635. The molecule has 2 atom stereocenters. The summed E-state index contributed by atoms with van der Waals surface area (Å²) in [7, 11) is -7.98. The number of anilines is 1. The number of hydrogen-bond acceptors (Lipinski definition) is 2. The van der Waals surface area contributed by atoms with E-state index < -0.39 is 23.3 Å². The molecule has 160 valence electrons. The van der Waals surface area contributed by atoms with Crippen molar-refractivity contribution < 1.29 is 17.4 Å².